The van der Waals surface area contributed by atoms with E-state index >= 15 is 0 Å². The minimum atomic E-state index is -4.60. The first-order valence-corrected chi connectivity index (χ1v) is 9.91. The van der Waals surface area contributed by atoms with Gasteiger partial charge in [0, 0.05) is 19.6 Å². The average Bonchev–Trinajstić information content (AvgIpc) is 3.27. The van der Waals surface area contributed by atoms with Gasteiger partial charge in [-0.2, -0.15) is 13.2 Å². The highest BCUT2D eigenvalue weighted by Gasteiger charge is 2.49. The summed E-state index contributed by atoms with van der Waals surface area (Å²) in [4.78, 5) is 28.3. The highest BCUT2D eigenvalue weighted by molar-refractivity contribution is 6.01. The Morgan fingerprint density at radius 2 is 1.83 bits per heavy atom. The van der Waals surface area contributed by atoms with Crippen molar-refractivity contribution < 1.29 is 27.5 Å². The largest absolute Gasteiger partial charge is 0.444 e. The second-order valence-electron chi connectivity index (χ2n) is 9.29. The molecular formula is C21H25F3N2O3. The molecule has 0 aromatic heterocycles. The summed E-state index contributed by atoms with van der Waals surface area (Å²) in [6, 6.07) is 2.32. The van der Waals surface area contributed by atoms with Crippen molar-refractivity contribution in [1.82, 2.24) is 9.80 Å². The van der Waals surface area contributed by atoms with E-state index in [0.717, 1.165) is 12.5 Å². The number of hydrogen-bond acceptors (Lipinski definition) is 3. The van der Waals surface area contributed by atoms with Crippen LogP contribution >= 0.6 is 0 Å². The Morgan fingerprint density at radius 1 is 1.17 bits per heavy atom. The van der Waals surface area contributed by atoms with Gasteiger partial charge in [0.15, 0.2) is 0 Å². The van der Waals surface area contributed by atoms with E-state index in [1.54, 1.807) is 26.8 Å². The fraction of sp³-hybridized carbons (Fsp3) is 0.619. The van der Waals surface area contributed by atoms with Gasteiger partial charge in [-0.15, -0.1) is 0 Å². The fourth-order valence-corrected chi connectivity index (χ4v) is 4.34. The van der Waals surface area contributed by atoms with Crippen molar-refractivity contribution in [3.63, 3.8) is 0 Å². The number of hydrogen-bond donors (Lipinski definition) is 0. The number of carbonyl (C=O) groups is 2. The summed E-state index contributed by atoms with van der Waals surface area (Å²) in [7, 11) is 0. The van der Waals surface area contributed by atoms with E-state index in [1.165, 1.54) is 9.80 Å². The molecule has 1 aliphatic carbocycles. The van der Waals surface area contributed by atoms with Crippen molar-refractivity contribution in [2.45, 2.75) is 57.9 Å². The molecule has 1 saturated carbocycles. The van der Waals surface area contributed by atoms with Crippen LogP contribution in [0.25, 0.3) is 0 Å². The number of carbonyl (C=O) groups excluding carboxylic acids is 2. The maximum atomic E-state index is 13.8. The highest BCUT2D eigenvalue weighted by Crippen LogP contribution is 2.51. The molecule has 0 N–H and O–H groups in total. The Labute approximate surface area is 167 Å². The summed E-state index contributed by atoms with van der Waals surface area (Å²) in [6.07, 6.45) is -4.27. The summed E-state index contributed by atoms with van der Waals surface area (Å²) >= 11 is 0. The lowest BCUT2D eigenvalue weighted by atomic mass is 9.93. The van der Waals surface area contributed by atoms with Crippen LogP contribution in [0.5, 0.6) is 0 Å². The molecular weight excluding hydrogens is 385 g/mol. The Bertz CT molecular complexity index is 875. The molecule has 29 heavy (non-hydrogen) atoms. The maximum absolute atomic E-state index is 13.8. The molecule has 1 aromatic carbocycles. The first-order valence-electron chi connectivity index (χ1n) is 9.91. The first kappa shape index (κ1) is 20.0. The van der Waals surface area contributed by atoms with Crippen LogP contribution in [0.1, 0.15) is 73.1 Å². The van der Waals surface area contributed by atoms with Gasteiger partial charge in [-0.3, -0.25) is 4.79 Å². The molecule has 3 aliphatic rings. The van der Waals surface area contributed by atoms with Gasteiger partial charge in [-0.05, 0) is 56.2 Å². The normalized spacial score (nSPS) is 26.3. The van der Waals surface area contributed by atoms with Crippen molar-refractivity contribution in [3.05, 3.63) is 34.4 Å². The van der Waals surface area contributed by atoms with Crippen molar-refractivity contribution in [2.75, 3.05) is 19.6 Å². The molecule has 2 aliphatic heterocycles. The third kappa shape index (κ3) is 3.57. The third-order valence-electron chi connectivity index (χ3n) is 5.90. The predicted octanol–water partition coefficient (Wildman–Crippen LogP) is 4.58. The highest BCUT2D eigenvalue weighted by atomic mass is 19.4. The Balaban J connectivity index is 1.71. The number of ether oxygens (including phenoxy) is 1. The number of amides is 2. The second kappa shape index (κ2) is 6.37. The summed E-state index contributed by atoms with van der Waals surface area (Å²) in [5.41, 5.74) is -0.770. The summed E-state index contributed by atoms with van der Waals surface area (Å²) in [5, 5.41) is 0. The number of fused-ring (bicyclic) bond motifs is 3. The van der Waals surface area contributed by atoms with Crippen LogP contribution in [-0.2, 0) is 10.9 Å². The minimum Gasteiger partial charge on any atom is -0.444 e. The molecule has 8 heteroatoms. The minimum absolute atomic E-state index is 0.0936. The predicted molar refractivity (Wildman–Crippen MR) is 99.6 cm³/mol. The second-order valence-corrected chi connectivity index (χ2v) is 9.29. The first-order chi connectivity index (χ1) is 13.4. The number of halogens is 3. The van der Waals surface area contributed by atoms with Crippen molar-refractivity contribution in [3.8, 4) is 0 Å². The van der Waals surface area contributed by atoms with Crippen LogP contribution in [0.4, 0.5) is 18.0 Å². The quantitative estimate of drug-likeness (QED) is 0.681. The maximum Gasteiger partial charge on any atom is 0.417 e. The van der Waals surface area contributed by atoms with E-state index in [9.17, 15) is 22.8 Å². The smallest absolute Gasteiger partial charge is 0.417 e. The number of alkyl halides is 3. The molecule has 0 unspecified atom stereocenters. The summed E-state index contributed by atoms with van der Waals surface area (Å²) in [5.74, 6) is -0.167. The molecule has 0 spiro atoms. The van der Waals surface area contributed by atoms with Crippen molar-refractivity contribution >= 4 is 12.0 Å². The van der Waals surface area contributed by atoms with E-state index in [2.05, 4.69) is 0 Å². The van der Waals surface area contributed by atoms with E-state index in [1.807, 2.05) is 6.92 Å². The van der Waals surface area contributed by atoms with Gasteiger partial charge in [-0.25, -0.2) is 4.79 Å². The van der Waals surface area contributed by atoms with Crippen LogP contribution < -0.4 is 0 Å². The summed E-state index contributed by atoms with van der Waals surface area (Å²) in [6.45, 7) is 7.84. The molecule has 3 atom stereocenters. The standard InChI is InChI=1S/C21H25F3N2O3/c1-11-7-13(11)12-8-14-16-10-25(19(28)29-20(2,3)4)5-6-26(16)18(27)17(14)15(9-12)21(22,23)24/h8-9,11,13,16H,5-7,10H2,1-4H3/t11-,13+,16+/m1/s1. The van der Waals surface area contributed by atoms with Gasteiger partial charge in [0.05, 0.1) is 17.2 Å². The lowest BCUT2D eigenvalue weighted by Crippen LogP contribution is -2.50. The zero-order valence-electron chi connectivity index (χ0n) is 17.0. The average molecular weight is 410 g/mol. The fourth-order valence-electron chi connectivity index (χ4n) is 4.34. The summed E-state index contributed by atoms with van der Waals surface area (Å²) < 4.78 is 46.8. The molecule has 2 amide bonds. The Hall–Kier alpha value is -2.25. The monoisotopic (exact) mass is 410 g/mol. The molecule has 0 bridgehead atoms. The molecule has 5 nitrogen and oxygen atoms in total. The number of nitrogens with zero attached hydrogens (tertiary/aromatic N) is 2. The van der Waals surface area contributed by atoms with Crippen LogP contribution in [0, 0.1) is 5.92 Å². The SMILES string of the molecule is C[C@@H]1C[C@@H]1c1cc2c(c(C(F)(F)F)c1)C(=O)N1CCN(C(=O)OC(C)(C)C)C[C@@H]21. The van der Waals surface area contributed by atoms with Crippen molar-refractivity contribution in [1.29, 1.82) is 0 Å². The lowest BCUT2D eigenvalue weighted by Gasteiger charge is -2.38. The Kier molecular flexibility index (Phi) is 4.40. The van der Waals surface area contributed by atoms with E-state index < -0.39 is 35.4 Å². The van der Waals surface area contributed by atoms with Gasteiger partial charge < -0.3 is 14.5 Å². The number of rotatable bonds is 1. The van der Waals surface area contributed by atoms with Crippen molar-refractivity contribution in [2.24, 2.45) is 5.92 Å². The van der Waals surface area contributed by atoms with Crippen LogP contribution in [0.3, 0.4) is 0 Å². The molecule has 2 fully saturated rings. The molecule has 158 valence electrons. The van der Waals surface area contributed by atoms with Crippen LogP contribution in [-0.4, -0.2) is 47.0 Å². The molecule has 1 saturated heterocycles. The van der Waals surface area contributed by atoms with Gasteiger partial charge in [-0.1, -0.05) is 13.0 Å². The van der Waals surface area contributed by atoms with Gasteiger partial charge in [0.25, 0.3) is 5.91 Å². The number of piperazine rings is 1. The van der Waals surface area contributed by atoms with Crippen LogP contribution in [0.15, 0.2) is 12.1 Å². The third-order valence-corrected chi connectivity index (χ3v) is 5.90. The molecule has 1 aromatic rings. The molecule has 4 rings (SSSR count). The van der Waals surface area contributed by atoms with Gasteiger partial charge in [0.1, 0.15) is 5.60 Å². The zero-order chi connectivity index (χ0) is 21.3. The lowest BCUT2D eigenvalue weighted by molar-refractivity contribution is -0.138. The number of benzene rings is 1. The van der Waals surface area contributed by atoms with E-state index in [0.29, 0.717) is 17.0 Å². The van der Waals surface area contributed by atoms with Crippen LogP contribution in [0.2, 0.25) is 0 Å². The molecule has 0 radical (unpaired) electrons. The van der Waals surface area contributed by atoms with Gasteiger partial charge >= 0.3 is 12.3 Å². The molecule has 2 heterocycles. The topological polar surface area (TPSA) is 49.9 Å². The van der Waals surface area contributed by atoms with E-state index in [-0.39, 0.29) is 31.1 Å². The Morgan fingerprint density at radius 3 is 2.38 bits per heavy atom. The zero-order valence-corrected chi connectivity index (χ0v) is 17.0. The van der Waals surface area contributed by atoms with Gasteiger partial charge in [0.2, 0.25) is 0 Å². The van der Waals surface area contributed by atoms with E-state index in [4.69, 9.17) is 4.74 Å².